The maximum absolute atomic E-state index is 12.3. The summed E-state index contributed by atoms with van der Waals surface area (Å²) in [5, 5.41) is 10.4. The molecule has 6 nitrogen and oxygen atoms in total. The van der Waals surface area contributed by atoms with Crippen LogP contribution < -0.4 is 15.4 Å². The summed E-state index contributed by atoms with van der Waals surface area (Å²) < 4.78 is 6.91. The third-order valence-corrected chi connectivity index (χ3v) is 5.56. The molecule has 3 rings (SSSR count). The molecule has 2 saturated carbocycles. The second-order valence-electron chi connectivity index (χ2n) is 7.03. The first-order valence-electron chi connectivity index (χ1n) is 8.74. The molecule has 0 aliphatic heterocycles. The molecule has 1 unspecified atom stereocenters. The van der Waals surface area contributed by atoms with E-state index in [4.69, 9.17) is 4.74 Å². The Morgan fingerprint density at radius 1 is 1.35 bits per heavy atom. The number of ether oxygens (including phenoxy) is 1. The van der Waals surface area contributed by atoms with Gasteiger partial charge in [-0.3, -0.25) is 4.68 Å². The summed E-state index contributed by atoms with van der Waals surface area (Å²) in [4.78, 5) is 12.3. The SMILES string of the molecule is COc1nn(C)cc1CNC(=O)NC1CCCC12CCCCC2. The Kier molecular flexibility index (Phi) is 4.78. The maximum atomic E-state index is 12.3. The average Bonchev–Trinajstić information content (AvgIpc) is 3.10. The standard InChI is InChI=1S/C17H28N4O2/c1-21-12-13(15(20-21)23-2)11-18-16(22)19-14-7-6-10-17(14)8-4-3-5-9-17/h12,14H,3-11H2,1-2H3,(H2,18,19,22). The summed E-state index contributed by atoms with van der Waals surface area (Å²) in [5.74, 6) is 0.567. The molecule has 0 saturated heterocycles. The number of amides is 2. The molecule has 2 aliphatic carbocycles. The molecular weight excluding hydrogens is 292 g/mol. The molecule has 2 N–H and O–H groups in total. The molecule has 1 spiro atoms. The van der Waals surface area contributed by atoms with Crippen LogP contribution in [0.4, 0.5) is 4.79 Å². The van der Waals surface area contributed by atoms with Crippen molar-refractivity contribution >= 4 is 6.03 Å². The minimum Gasteiger partial charge on any atom is -0.480 e. The van der Waals surface area contributed by atoms with Crippen LogP contribution >= 0.6 is 0 Å². The van der Waals surface area contributed by atoms with Gasteiger partial charge in [-0.25, -0.2) is 4.79 Å². The number of hydrogen-bond acceptors (Lipinski definition) is 3. The minimum atomic E-state index is -0.0762. The fourth-order valence-electron chi connectivity index (χ4n) is 4.41. The van der Waals surface area contributed by atoms with Crippen LogP contribution in [0.5, 0.6) is 5.88 Å². The van der Waals surface area contributed by atoms with Crippen LogP contribution in [-0.4, -0.2) is 29.0 Å². The van der Waals surface area contributed by atoms with Crippen molar-refractivity contribution in [3.63, 3.8) is 0 Å². The van der Waals surface area contributed by atoms with Crippen molar-refractivity contribution in [2.24, 2.45) is 12.5 Å². The number of carbonyl (C=O) groups is 1. The van der Waals surface area contributed by atoms with E-state index in [1.54, 1.807) is 11.8 Å². The topological polar surface area (TPSA) is 68.2 Å². The van der Waals surface area contributed by atoms with Gasteiger partial charge in [0, 0.05) is 19.3 Å². The molecule has 2 fully saturated rings. The first-order valence-corrected chi connectivity index (χ1v) is 8.74. The van der Waals surface area contributed by atoms with Crippen LogP contribution in [0.15, 0.2) is 6.20 Å². The molecule has 23 heavy (non-hydrogen) atoms. The largest absolute Gasteiger partial charge is 0.480 e. The molecule has 1 aromatic heterocycles. The summed E-state index contributed by atoms with van der Waals surface area (Å²) in [6.07, 6.45) is 12.0. The van der Waals surface area contributed by atoms with E-state index in [9.17, 15) is 4.79 Å². The van der Waals surface area contributed by atoms with Gasteiger partial charge in [0.2, 0.25) is 5.88 Å². The van der Waals surface area contributed by atoms with Crippen molar-refractivity contribution in [1.82, 2.24) is 20.4 Å². The molecule has 1 aromatic rings. The third kappa shape index (κ3) is 3.46. The number of aryl methyl sites for hydroxylation is 1. The number of urea groups is 1. The van der Waals surface area contributed by atoms with Crippen molar-refractivity contribution in [1.29, 1.82) is 0 Å². The molecule has 0 aromatic carbocycles. The smallest absolute Gasteiger partial charge is 0.315 e. The van der Waals surface area contributed by atoms with Crippen LogP contribution in [0, 0.1) is 5.41 Å². The average molecular weight is 320 g/mol. The van der Waals surface area contributed by atoms with E-state index in [0.29, 0.717) is 23.9 Å². The monoisotopic (exact) mass is 320 g/mol. The zero-order chi connectivity index (χ0) is 16.3. The van der Waals surface area contributed by atoms with Gasteiger partial charge in [-0.2, -0.15) is 0 Å². The fraction of sp³-hybridized carbons (Fsp3) is 0.765. The Morgan fingerprint density at radius 3 is 2.83 bits per heavy atom. The minimum absolute atomic E-state index is 0.0762. The maximum Gasteiger partial charge on any atom is 0.315 e. The normalized spacial score (nSPS) is 23.0. The van der Waals surface area contributed by atoms with Gasteiger partial charge >= 0.3 is 6.03 Å². The van der Waals surface area contributed by atoms with Gasteiger partial charge in [0.25, 0.3) is 0 Å². The molecule has 128 valence electrons. The van der Waals surface area contributed by atoms with Crippen LogP contribution in [0.3, 0.4) is 0 Å². The Bertz CT molecular complexity index is 549. The van der Waals surface area contributed by atoms with Gasteiger partial charge < -0.3 is 15.4 Å². The quantitative estimate of drug-likeness (QED) is 0.896. The highest BCUT2D eigenvalue weighted by Gasteiger charge is 2.43. The van der Waals surface area contributed by atoms with E-state index in [-0.39, 0.29) is 6.03 Å². The number of rotatable bonds is 4. The summed E-state index contributed by atoms with van der Waals surface area (Å²) in [6, 6.07) is 0.256. The Morgan fingerprint density at radius 2 is 2.09 bits per heavy atom. The van der Waals surface area contributed by atoms with E-state index in [1.807, 2.05) is 13.2 Å². The lowest BCUT2D eigenvalue weighted by Gasteiger charge is -2.39. The van der Waals surface area contributed by atoms with Gasteiger partial charge in [-0.05, 0) is 31.1 Å². The lowest BCUT2D eigenvalue weighted by atomic mass is 9.70. The van der Waals surface area contributed by atoms with Crippen molar-refractivity contribution in [3.05, 3.63) is 11.8 Å². The van der Waals surface area contributed by atoms with E-state index in [0.717, 1.165) is 12.0 Å². The van der Waals surface area contributed by atoms with E-state index >= 15 is 0 Å². The second-order valence-corrected chi connectivity index (χ2v) is 7.03. The van der Waals surface area contributed by atoms with Gasteiger partial charge in [0.1, 0.15) is 0 Å². The fourth-order valence-corrected chi connectivity index (χ4v) is 4.41. The zero-order valence-corrected chi connectivity index (χ0v) is 14.2. The summed E-state index contributed by atoms with van der Waals surface area (Å²) in [5.41, 5.74) is 1.26. The highest BCUT2D eigenvalue weighted by atomic mass is 16.5. The van der Waals surface area contributed by atoms with E-state index < -0.39 is 0 Å². The van der Waals surface area contributed by atoms with Crippen molar-refractivity contribution < 1.29 is 9.53 Å². The number of nitrogens with one attached hydrogen (secondary N) is 2. The van der Waals surface area contributed by atoms with Crippen molar-refractivity contribution in [2.45, 2.75) is 64.0 Å². The number of carbonyl (C=O) groups excluding carboxylic acids is 1. The third-order valence-electron chi connectivity index (χ3n) is 5.56. The molecule has 0 bridgehead atoms. The van der Waals surface area contributed by atoms with Crippen LogP contribution in [-0.2, 0) is 13.6 Å². The van der Waals surface area contributed by atoms with Gasteiger partial charge in [0.05, 0.1) is 19.2 Å². The predicted molar refractivity (Wildman–Crippen MR) is 88.3 cm³/mol. The van der Waals surface area contributed by atoms with Crippen molar-refractivity contribution in [2.75, 3.05) is 7.11 Å². The zero-order valence-electron chi connectivity index (χ0n) is 14.2. The van der Waals surface area contributed by atoms with Gasteiger partial charge in [0.15, 0.2) is 0 Å². The summed E-state index contributed by atoms with van der Waals surface area (Å²) in [6.45, 7) is 0.433. The van der Waals surface area contributed by atoms with Crippen LogP contribution in [0.1, 0.15) is 56.9 Å². The molecule has 6 heteroatoms. The van der Waals surface area contributed by atoms with E-state index in [1.165, 1.54) is 44.9 Å². The molecular formula is C17H28N4O2. The van der Waals surface area contributed by atoms with Gasteiger partial charge in [-0.1, -0.05) is 25.7 Å². The highest BCUT2D eigenvalue weighted by molar-refractivity contribution is 5.74. The number of aromatic nitrogens is 2. The molecule has 1 heterocycles. The molecule has 2 aliphatic rings. The molecule has 1 atom stereocenters. The van der Waals surface area contributed by atoms with E-state index in [2.05, 4.69) is 15.7 Å². The summed E-state index contributed by atoms with van der Waals surface area (Å²) >= 11 is 0. The number of hydrogen-bond donors (Lipinski definition) is 2. The van der Waals surface area contributed by atoms with Gasteiger partial charge in [-0.15, -0.1) is 5.10 Å². The Hall–Kier alpha value is -1.72. The summed E-state index contributed by atoms with van der Waals surface area (Å²) in [7, 11) is 3.44. The predicted octanol–water partition coefficient (Wildman–Crippen LogP) is 2.73. The Labute approximate surface area is 138 Å². The van der Waals surface area contributed by atoms with Crippen molar-refractivity contribution in [3.8, 4) is 5.88 Å². The van der Waals surface area contributed by atoms with Crippen LogP contribution in [0.2, 0.25) is 0 Å². The first-order chi connectivity index (χ1) is 11.1. The Balaban J connectivity index is 1.54. The lowest BCUT2D eigenvalue weighted by molar-refractivity contribution is 0.150. The number of nitrogens with zero attached hydrogens (tertiary/aromatic N) is 2. The molecule has 2 amide bonds. The lowest BCUT2D eigenvalue weighted by Crippen LogP contribution is -2.48. The highest BCUT2D eigenvalue weighted by Crippen LogP contribution is 2.49. The molecule has 0 radical (unpaired) electrons. The second kappa shape index (κ2) is 6.81. The number of methoxy groups -OCH3 is 1. The van der Waals surface area contributed by atoms with Crippen LogP contribution in [0.25, 0.3) is 0 Å². The first kappa shape index (κ1) is 16.1.